The third-order valence-corrected chi connectivity index (χ3v) is 6.11. The van der Waals surface area contributed by atoms with E-state index in [0.717, 1.165) is 5.69 Å². The molecule has 1 atom stereocenters. The van der Waals surface area contributed by atoms with Gasteiger partial charge >= 0.3 is 11.8 Å². The number of H-pyrrole nitrogens is 1. The van der Waals surface area contributed by atoms with Crippen LogP contribution in [0.5, 0.6) is 5.75 Å². The number of imidazole rings is 1. The fraction of sp³-hybridized carbons (Fsp3) is 0.208. The Morgan fingerprint density at radius 3 is 2.81 bits per heavy atom. The minimum Gasteiger partial charge on any atom is -0.495 e. The molecule has 0 fully saturated rings. The summed E-state index contributed by atoms with van der Waals surface area (Å²) in [5.74, 6) is -0.416. The fourth-order valence-electron chi connectivity index (χ4n) is 4.44. The van der Waals surface area contributed by atoms with Gasteiger partial charge in [0.25, 0.3) is 12.3 Å². The SMILES string of the molecule is COc1ccc(-c2nnc(C(=O)N3CCc4[nH]cnc4[C@H]3c3oc4ccccc4c3C(F)F)o2)nc1. The Bertz CT molecular complexity index is 1560. The third kappa shape index (κ3) is 3.49. The van der Waals surface area contributed by atoms with Crippen molar-refractivity contribution in [2.45, 2.75) is 18.9 Å². The number of amides is 1. The predicted molar refractivity (Wildman–Crippen MR) is 120 cm³/mol. The third-order valence-electron chi connectivity index (χ3n) is 6.11. The lowest BCUT2D eigenvalue weighted by Gasteiger charge is -2.33. The zero-order valence-electron chi connectivity index (χ0n) is 18.8. The second kappa shape index (κ2) is 8.56. The average Bonchev–Trinajstić information content (AvgIpc) is 3.65. The molecular formula is C24H18F2N6O4. The van der Waals surface area contributed by atoms with Crippen molar-refractivity contribution in [2.24, 2.45) is 0 Å². The number of pyridine rings is 1. The van der Waals surface area contributed by atoms with E-state index in [1.807, 2.05) is 0 Å². The number of nitrogens with zero attached hydrogens (tertiary/aromatic N) is 5. The van der Waals surface area contributed by atoms with Crippen LogP contribution in [0.25, 0.3) is 22.6 Å². The average molecular weight is 492 g/mol. The van der Waals surface area contributed by atoms with E-state index in [0.29, 0.717) is 29.1 Å². The molecule has 0 spiro atoms. The van der Waals surface area contributed by atoms with Crippen LogP contribution in [0.2, 0.25) is 0 Å². The number of methoxy groups -OCH3 is 1. The van der Waals surface area contributed by atoms with Crippen LogP contribution in [0.3, 0.4) is 0 Å². The van der Waals surface area contributed by atoms with Gasteiger partial charge in [-0.1, -0.05) is 18.2 Å². The number of alkyl halides is 2. The summed E-state index contributed by atoms with van der Waals surface area (Å²) in [6.07, 6.45) is 0.550. The minimum atomic E-state index is -2.83. The van der Waals surface area contributed by atoms with Gasteiger partial charge in [-0.15, -0.1) is 10.2 Å². The molecule has 10 nitrogen and oxygen atoms in total. The topological polar surface area (TPSA) is 123 Å². The monoisotopic (exact) mass is 492 g/mol. The Labute approximate surface area is 201 Å². The Kier molecular flexibility index (Phi) is 5.20. The van der Waals surface area contributed by atoms with Crippen LogP contribution in [-0.2, 0) is 6.42 Å². The van der Waals surface area contributed by atoms with Crippen LogP contribution < -0.4 is 4.74 Å². The molecule has 0 radical (unpaired) electrons. The zero-order chi connectivity index (χ0) is 24.8. The van der Waals surface area contributed by atoms with Gasteiger partial charge in [0, 0.05) is 24.0 Å². The van der Waals surface area contributed by atoms with Gasteiger partial charge in [-0.2, -0.15) is 0 Å². The number of rotatable bonds is 5. The van der Waals surface area contributed by atoms with Gasteiger partial charge in [-0.05, 0) is 18.2 Å². The Morgan fingerprint density at radius 2 is 2.03 bits per heavy atom. The van der Waals surface area contributed by atoms with Crippen molar-refractivity contribution in [1.29, 1.82) is 0 Å². The highest BCUT2D eigenvalue weighted by molar-refractivity contribution is 5.91. The van der Waals surface area contributed by atoms with E-state index in [9.17, 15) is 13.6 Å². The number of nitrogens with one attached hydrogen (secondary N) is 1. The maximum atomic E-state index is 14.3. The number of fused-ring (bicyclic) bond motifs is 2. The maximum Gasteiger partial charge on any atom is 0.312 e. The van der Waals surface area contributed by atoms with Gasteiger partial charge in [0.1, 0.15) is 28.8 Å². The van der Waals surface area contributed by atoms with Crippen molar-refractivity contribution in [1.82, 2.24) is 30.0 Å². The van der Waals surface area contributed by atoms with Crippen molar-refractivity contribution in [3.8, 4) is 17.3 Å². The first-order valence-corrected chi connectivity index (χ1v) is 11.0. The first-order chi connectivity index (χ1) is 17.5. The number of para-hydroxylation sites is 1. The second-order valence-corrected chi connectivity index (χ2v) is 8.09. The number of carbonyl (C=O) groups excluding carboxylic acids is 1. The quantitative estimate of drug-likeness (QED) is 0.385. The van der Waals surface area contributed by atoms with Crippen molar-refractivity contribution >= 4 is 16.9 Å². The predicted octanol–water partition coefficient (Wildman–Crippen LogP) is 4.34. The Balaban J connectivity index is 1.42. The number of furan rings is 1. The molecule has 12 heteroatoms. The molecule has 1 amide bonds. The summed E-state index contributed by atoms with van der Waals surface area (Å²) < 4.78 is 45.2. The number of benzene rings is 1. The summed E-state index contributed by atoms with van der Waals surface area (Å²) in [5.41, 5.74) is 1.52. The van der Waals surface area contributed by atoms with E-state index in [4.69, 9.17) is 13.6 Å². The van der Waals surface area contributed by atoms with Crippen LogP contribution >= 0.6 is 0 Å². The fourth-order valence-corrected chi connectivity index (χ4v) is 4.44. The highest BCUT2D eigenvalue weighted by Gasteiger charge is 2.41. The van der Waals surface area contributed by atoms with Crippen LogP contribution in [0.1, 0.15) is 45.9 Å². The molecule has 1 N–H and O–H groups in total. The number of halogens is 2. The minimum absolute atomic E-state index is 0.0343. The number of hydrogen-bond donors (Lipinski definition) is 1. The zero-order valence-corrected chi connectivity index (χ0v) is 18.8. The lowest BCUT2D eigenvalue weighted by atomic mass is 9.97. The Hall–Kier alpha value is -4.61. The lowest BCUT2D eigenvalue weighted by Crippen LogP contribution is -2.41. The molecule has 1 aliphatic heterocycles. The van der Waals surface area contributed by atoms with E-state index in [1.54, 1.807) is 36.4 Å². The molecule has 36 heavy (non-hydrogen) atoms. The molecule has 6 rings (SSSR count). The highest BCUT2D eigenvalue weighted by atomic mass is 19.3. The van der Waals surface area contributed by atoms with E-state index >= 15 is 0 Å². The van der Waals surface area contributed by atoms with E-state index in [1.165, 1.54) is 24.5 Å². The van der Waals surface area contributed by atoms with Crippen molar-refractivity contribution in [2.75, 3.05) is 13.7 Å². The summed E-state index contributed by atoms with van der Waals surface area (Å²) in [6.45, 7) is 0.191. The largest absolute Gasteiger partial charge is 0.495 e. The summed E-state index contributed by atoms with van der Waals surface area (Å²) >= 11 is 0. The molecule has 0 aliphatic carbocycles. The highest BCUT2D eigenvalue weighted by Crippen LogP contribution is 2.43. The van der Waals surface area contributed by atoms with Gasteiger partial charge in [-0.3, -0.25) is 4.79 Å². The normalized spacial score (nSPS) is 15.4. The Morgan fingerprint density at radius 1 is 1.17 bits per heavy atom. The summed E-state index contributed by atoms with van der Waals surface area (Å²) in [6, 6.07) is 8.79. The molecule has 182 valence electrons. The number of hydrogen-bond acceptors (Lipinski definition) is 8. The number of carbonyl (C=O) groups is 1. The molecule has 0 unspecified atom stereocenters. The lowest BCUT2D eigenvalue weighted by molar-refractivity contribution is 0.0623. The molecule has 0 saturated carbocycles. The van der Waals surface area contributed by atoms with E-state index in [2.05, 4.69) is 25.1 Å². The standard InChI is InChI=1S/C24H18F2N6O4/c1-34-12-6-7-15(27-10-12)22-30-31-23(36-22)24(33)32-9-8-14-18(29-11-28-14)19(32)20-17(21(25)26)13-4-2-3-5-16(13)35-20/h2-7,10-11,19,21H,8-9H2,1H3,(H,28,29)/t19-/m0/s1. The van der Waals surface area contributed by atoms with Crippen LogP contribution in [0, 0.1) is 0 Å². The molecule has 5 aromatic rings. The smallest absolute Gasteiger partial charge is 0.312 e. The number of aromatic nitrogens is 5. The molecule has 1 aliphatic rings. The van der Waals surface area contributed by atoms with Gasteiger partial charge in [-0.25, -0.2) is 18.7 Å². The number of ether oxygens (including phenoxy) is 1. The summed E-state index contributed by atoms with van der Waals surface area (Å²) in [5, 5.41) is 8.11. The maximum absolute atomic E-state index is 14.3. The molecule has 5 heterocycles. The molecule has 4 aromatic heterocycles. The first kappa shape index (κ1) is 21.9. The summed E-state index contributed by atoms with van der Waals surface area (Å²) in [7, 11) is 1.52. The molecular weight excluding hydrogens is 474 g/mol. The number of aromatic amines is 1. The van der Waals surface area contributed by atoms with Crippen molar-refractivity contribution in [3.63, 3.8) is 0 Å². The molecule has 0 saturated heterocycles. The van der Waals surface area contributed by atoms with Crippen molar-refractivity contribution < 1.29 is 27.1 Å². The molecule has 1 aromatic carbocycles. The van der Waals surface area contributed by atoms with Gasteiger partial charge in [0.2, 0.25) is 0 Å². The van der Waals surface area contributed by atoms with Crippen LogP contribution in [0.15, 0.2) is 57.8 Å². The van der Waals surface area contributed by atoms with E-state index < -0.39 is 18.4 Å². The molecule has 0 bridgehead atoms. The summed E-state index contributed by atoms with van der Waals surface area (Å²) in [4.78, 5) is 26.5. The van der Waals surface area contributed by atoms with E-state index in [-0.39, 0.29) is 35.0 Å². The van der Waals surface area contributed by atoms with Crippen LogP contribution in [-0.4, -0.2) is 49.6 Å². The van der Waals surface area contributed by atoms with Crippen molar-refractivity contribution in [3.05, 3.63) is 77.5 Å². The second-order valence-electron chi connectivity index (χ2n) is 8.09. The van der Waals surface area contributed by atoms with Gasteiger partial charge in [0.05, 0.1) is 30.9 Å². The van der Waals surface area contributed by atoms with Gasteiger partial charge < -0.3 is 23.5 Å². The van der Waals surface area contributed by atoms with Gasteiger partial charge in [0.15, 0.2) is 0 Å². The van der Waals surface area contributed by atoms with Crippen LogP contribution in [0.4, 0.5) is 8.78 Å². The first-order valence-electron chi connectivity index (χ1n) is 11.0.